The van der Waals surface area contributed by atoms with E-state index in [4.69, 9.17) is 0 Å². The van der Waals surface area contributed by atoms with Crippen molar-refractivity contribution in [3.63, 3.8) is 0 Å². The van der Waals surface area contributed by atoms with Gasteiger partial charge in [-0.1, -0.05) is 16.9 Å². The molecule has 2 bridgehead atoms. The van der Waals surface area contributed by atoms with Gasteiger partial charge in [0, 0.05) is 23.0 Å². The molecule has 2 atom stereocenters. The lowest BCUT2D eigenvalue weighted by Gasteiger charge is -2.10. The minimum absolute atomic E-state index is 0.0587. The minimum atomic E-state index is -4.61. The van der Waals surface area contributed by atoms with Crippen molar-refractivity contribution in [1.29, 1.82) is 0 Å². The van der Waals surface area contributed by atoms with Crippen LogP contribution in [0.5, 0.6) is 11.8 Å². The van der Waals surface area contributed by atoms with E-state index in [0.29, 0.717) is 15.9 Å². The Morgan fingerprint density at radius 2 is 1.67 bits per heavy atom. The molecule has 0 aromatic carbocycles. The smallest absolute Gasteiger partial charge is 0.482 e. The highest BCUT2D eigenvalue weighted by molar-refractivity contribution is 7.95. The van der Waals surface area contributed by atoms with Gasteiger partial charge in [0.1, 0.15) is 0 Å². The lowest BCUT2D eigenvalue weighted by atomic mass is 10.0. The zero-order valence-electron chi connectivity index (χ0n) is 8.81. The van der Waals surface area contributed by atoms with Crippen molar-refractivity contribution in [1.82, 2.24) is 4.73 Å². The average molecular weight is 279 g/mol. The number of allylic oxidation sites excluding steroid dienone is 2. The van der Waals surface area contributed by atoms with E-state index < -0.39 is 29.3 Å². The molecule has 1 heterocycles. The van der Waals surface area contributed by atoms with Gasteiger partial charge in [-0.15, -0.1) is 0 Å². The molecule has 2 aliphatic rings. The van der Waals surface area contributed by atoms with E-state index in [-0.39, 0.29) is 11.8 Å². The number of nitrogens with zero attached hydrogens (tertiary/aromatic N) is 1. The molecular weight excluding hydrogens is 271 g/mol. The summed E-state index contributed by atoms with van der Waals surface area (Å²) < 4.78 is 40.8. The largest absolute Gasteiger partial charge is 0.492 e. The van der Waals surface area contributed by atoms with Gasteiger partial charge in [0.15, 0.2) is 0 Å². The zero-order chi connectivity index (χ0) is 13.1. The van der Waals surface area contributed by atoms with E-state index in [2.05, 4.69) is 4.28 Å². The van der Waals surface area contributed by atoms with Gasteiger partial charge in [-0.2, -0.15) is 13.2 Å². The van der Waals surface area contributed by atoms with Crippen molar-refractivity contribution >= 4 is 12.0 Å². The molecule has 98 valence electrons. The Labute approximate surface area is 104 Å². The minimum Gasteiger partial charge on any atom is -0.492 e. The van der Waals surface area contributed by atoms with Crippen LogP contribution in [-0.2, 0) is 0 Å². The van der Waals surface area contributed by atoms with Gasteiger partial charge in [0.25, 0.3) is 0 Å². The fraction of sp³-hybridized carbons (Fsp3) is 0.400. The van der Waals surface area contributed by atoms with Crippen molar-refractivity contribution in [2.45, 2.75) is 23.8 Å². The van der Waals surface area contributed by atoms with Gasteiger partial charge >= 0.3 is 5.51 Å². The Kier molecular flexibility index (Phi) is 2.28. The number of rotatable bonds is 2. The van der Waals surface area contributed by atoms with Gasteiger partial charge in [0.05, 0.1) is 0 Å². The van der Waals surface area contributed by atoms with E-state index >= 15 is 0 Å². The number of aromatic hydroxyl groups is 2. The van der Waals surface area contributed by atoms with E-state index in [1.807, 2.05) is 12.2 Å². The van der Waals surface area contributed by atoms with E-state index in [1.165, 1.54) is 0 Å². The van der Waals surface area contributed by atoms with Crippen LogP contribution in [0.15, 0.2) is 12.2 Å². The predicted molar refractivity (Wildman–Crippen MR) is 57.2 cm³/mol. The normalized spacial score (nSPS) is 24.6. The molecule has 0 saturated carbocycles. The van der Waals surface area contributed by atoms with Crippen molar-refractivity contribution in [2.24, 2.45) is 0 Å². The van der Waals surface area contributed by atoms with Gasteiger partial charge in [-0.25, -0.2) is 0 Å². The van der Waals surface area contributed by atoms with E-state index in [0.717, 1.165) is 6.42 Å². The predicted octanol–water partition coefficient (Wildman–Crippen LogP) is 2.64. The highest BCUT2D eigenvalue weighted by Gasteiger charge is 2.42. The number of aromatic nitrogens is 1. The SMILES string of the molecule is Oc1c2c(c(O)n1OSC(F)(F)F)C1C=CC2C1. The Bertz CT molecular complexity index is 502. The molecule has 18 heavy (non-hydrogen) atoms. The molecule has 3 rings (SSSR count). The monoisotopic (exact) mass is 279 g/mol. The number of fused-ring (bicyclic) bond motifs is 5. The second-order valence-corrected chi connectivity index (χ2v) is 4.98. The summed E-state index contributed by atoms with van der Waals surface area (Å²) in [5, 5.41) is 19.6. The van der Waals surface area contributed by atoms with Crippen LogP contribution in [0, 0.1) is 0 Å². The molecule has 4 nitrogen and oxygen atoms in total. The standard InChI is InChI=1S/C10H8F3NO3S/c11-10(12,13)18-17-14-8(15)6-4-1-2-5(3-4)7(6)9(14)16/h1-2,4-5,15-16H,3H2. The molecule has 8 heteroatoms. The van der Waals surface area contributed by atoms with Crippen LogP contribution in [-0.4, -0.2) is 20.5 Å². The first-order chi connectivity index (χ1) is 8.38. The summed E-state index contributed by atoms with van der Waals surface area (Å²) in [7, 11) is 0. The van der Waals surface area contributed by atoms with Crippen molar-refractivity contribution in [3.8, 4) is 11.8 Å². The molecule has 2 unspecified atom stereocenters. The molecule has 0 fully saturated rings. The van der Waals surface area contributed by atoms with Crippen LogP contribution in [0.25, 0.3) is 0 Å². The summed E-state index contributed by atoms with van der Waals surface area (Å²) in [6, 6.07) is 0. The van der Waals surface area contributed by atoms with Crippen LogP contribution >= 0.6 is 12.0 Å². The molecule has 1 aromatic heterocycles. The Balaban J connectivity index is 1.94. The Morgan fingerprint density at radius 3 is 2.11 bits per heavy atom. The quantitative estimate of drug-likeness (QED) is 0.645. The maximum atomic E-state index is 12.0. The van der Waals surface area contributed by atoms with Crippen LogP contribution in [0.4, 0.5) is 13.2 Å². The van der Waals surface area contributed by atoms with Crippen LogP contribution in [0.2, 0.25) is 0 Å². The fourth-order valence-electron chi connectivity index (χ4n) is 2.57. The summed E-state index contributed by atoms with van der Waals surface area (Å²) >= 11 is -0.783. The number of halogens is 3. The third-order valence-electron chi connectivity index (χ3n) is 3.19. The maximum absolute atomic E-state index is 12.0. The summed E-state index contributed by atoms with van der Waals surface area (Å²) in [5.74, 6) is -1.04. The fourth-order valence-corrected chi connectivity index (χ4v) is 2.87. The van der Waals surface area contributed by atoms with Gasteiger partial charge in [-0.3, -0.25) is 0 Å². The molecule has 0 amide bonds. The number of alkyl halides is 3. The molecule has 2 N–H and O–H groups in total. The lowest BCUT2D eigenvalue weighted by molar-refractivity contribution is -0.0405. The molecule has 0 saturated heterocycles. The van der Waals surface area contributed by atoms with Crippen molar-refractivity contribution in [2.75, 3.05) is 0 Å². The average Bonchev–Trinajstić information content (AvgIpc) is 2.90. The van der Waals surface area contributed by atoms with Crippen molar-refractivity contribution < 1.29 is 27.7 Å². The van der Waals surface area contributed by atoms with Crippen molar-refractivity contribution in [3.05, 3.63) is 23.3 Å². The molecule has 0 radical (unpaired) electrons. The van der Waals surface area contributed by atoms with Crippen LogP contribution in [0.1, 0.15) is 29.4 Å². The maximum Gasteiger partial charge on any atom is 0.482 e. The summed E-state index contributed by atoms with van der Waals surface area (Å²) in [6.07, 6.45) is 4.47. The molecule has 2 aliphatic carbocycles. The third-order valence-corrected chi connectivity index (χ3v) is 3.60. The van der Waals surface area contributed by atoms with Gasteiger partial charge in [0.2, 0.25) is 23.8 Å². The summed E-state index contributed by atoms with van der Waals surface area (Å²) in [6.45, 7) is 0. The van der Waals surface area contributed by atoms with Gasteiger partial charge in [-0.05, 0) is 6.42 Å². The molecule has 0 aliphatic heterocycles. The highest BCUT2D eigenvalue weighted by Crippen LogP contribution is 2.56. The molecule has 0 spiro atoms. The lowest BCUT2D eigenvalue weighted by Crippen LogP contribution is -2.11. The number of hydrogen-bond donors (Lipinski definition) is 2. The van der Waals surface area contributed by atoms with E-state index in [9.17, 15) is 23.4 Å². The van der Waals surface area contributed by atoms with Crippen LogP contribution in [0.3, 0.4) is 0 Å². The molecular formula is C10H8F3NO3S. The van der Waals surface area contributed by atoms with E-state index in [1.54, 1.807) is 0 Å². The van der Waals surface area contributed by atoms with Gasteiger partial charge < -0.3 is 14.5 Å². The highest BCUT2D eigenvalue weighted by atomic mass is 32.2. The Hall–Kier alpha value is -1.44. The first-order valence-electron chi connectivity index (χ1n) is 5.16. The first-order valence-corrected chi connectivity index (χ1v) is 5.90. The zero-order valence-corrected chi connectivity index (χ0v) is 9.63. The summed E-state index contributed by atoms with van der Waals surface area (Å²) in [5.41, 5.74) is -3.68. The Morgan fingerprint density at radius 1 is 1.17 bits per heavy atom. The third kappa shape index (κ3) is 1.55. The number of hydrogen-bond acceptors (Lipinski definition) is 4. The molecule has 1 aromatic rings. The van der Waals surface area contributed by atoms with Crippen LogP contribution < -0.4 is 4.28 Å². The second-order valence-electron chi connectivity index (χ2n) is 4.21. The second kappa shape index (κ2) is 3.53. The summed E-state index contributed by atoms with van der Waals surface area (Å²) in [4.78, 5) is 0. The first kappa shape index (κ1) is 11.6. The topological polar surface area (TPSA) is 54.6 Å².